The second-order valence-corrected chi connectivity index (χ2v) is 6.47. The van der Waals surface area contributed by atoms with Crippen LogP contribution in [0.4, 0.5) is 20.2 Å². The van der Waals surface area contributed by atoms with E-state index in [1.165, 1.54) is 24.4 Å². The molecule has 1 aliphatic rings. The van der Waals surface area contributed by atoms with E-state index in [9.17, 15) is 13.6 Å². The first-order valence-electron chi connectivity index (χ1n) is 7.74. The second kappa shape index (κ2) is 7.97. The molecule has 2 aromatic rings. The van der Waals surface area contributed by atoms with Gasteiger partial charge in [0.25, 0.3) is 6.43 Å². The summed E-state index contributed by atoms with van der Waals surface area (Å²) in [5.74, 6) is -0.181. The smallest absolute Gasteiger partial charge is 0.265 e. The van der Waals surface area contributed by atoms with Crippen LogP contribution >= 0.6 is 11.6 Å². The first kappa shape index (κ1) is 20.1. The number of carbonyl (C=O) groups excluding carboxylic acids is 1. The lowest BCUT2D eigenvalue weighted by Crippen LogP contribution is -2.42. The number of pyridine rings is 1. The average Bonchev–Trinajstić information content (AvgIpc) is 3.34. The van der Waals surface area contributed by atoms with Gasteiger partial charge in [-0.05, 0) is 43.2 Å². The third-order valence-electron chi connectivity index (χ3n) is 4.02. The van der Waals surface area contributed by atoms with Crippen LogP contribution in [0.5, 0.6) is 0 Å². The number of hydrogen-bond acceptors (Lipinski definition) is 4. The maximum atomic E-state index is 13.1. The van der Waals surface area contributed by atoms with Gasteiger partial charge in [0.1, 0.15) is 0 Å². The van der Waals surface area contributed by atoms with E-state index in [1.807, 2.05) is 0 Å². The predicted molar refractivity (Wildman–Crippen MR) is 98.7 cm³/mol. The van der Waals surface area contributed by atoms with Gasteiger partial charge in [-0.2, -0.15) is 0 Å². The molecule has 1 saturated carbocycles. The largest absolute Gasteiger partial charge is 0.354 e. The maximum Gasteiger partial charge on any atom is 0.265 e. The van der Waals surface area contributed by atoms with Gasteiger partial charge in [0.05, 0.1) is 29.7 Å². The van der Waals surface area contributed by atoms with Crippen molar-refractivity contribution in [1.29, 1.82) is 0 Å². The molecule has 5 nitrogen and oxygen atoms in total. The predicted octanol–water partition coefficient (Wildman–Crippen LogP) is 4.16. The number of anilines is 2. The molecule has 0 atom stereocenters. The summed E-state index contributed by atoms with van der Waals surface area (Å²) < 4.78 is 26.2. The zero-order valence-corrected chi connectivity index (χ0v) is 14.0. The quantitative estimate of drug-likeness (QED) is 0.700. The van der Waals surface area contributed by atoms with E-state index < -0.39 is 12.0 Å². The SMILES string of the molecule is C.NC1(C(=O)NCc2ccc(Nc3ccc(Cl)cc3C(F)F)cn2)CC1. The fourth-order valence-electron chi connectivity index (χ4n) is 2.30. The lowest BCUT2D eigenvalue weighted by Gasteiger charge is -2.13. The van der Waals surface area contributed by atoms with Crippen molar-refractivity contribution in [2.75, 3.05) is 5.32 Å². The van der Waals surface area contributed by atoms with E-state index in [-0.39, 0.29) is 36.2 Å². The summed E-state index contributed by atoms with van der Waals surface area (Å²) in [5, 5.41) is 5.89. The number of carbonyl (C=O) groups is 1. The standard InChI is InChI=1S/C17H17ClF2N4O.CH4/c18-10-1-4-14(13(7-10)15(19)20)24-12-3-2-11(22-9-12)8-23-16(25)17(21)5-6-17;/h1-4,7,9,15,24H,5-6,8,21H2,(H,23,25);1H4. The number of rotatable bonds is 6. The third kappa shape index (κ3) is 4.68. The monoisotopic (exact) mass is 382 g/mol. The molecule has 4 N–H and O–H groups in total. The van der Waals surface area contributed by atoms with Crippen molar-refractivity contribution >= 4 is 28.9 Å². The van der Waals surface area contributed by atoms with E-state index in [0.717, 1.165) is 0 Å². The summed E-state index contributed by atoms with van der Waals surface area (Å²) >= 11 is 5.76. The molecule has 1 aliphatic carbocycles. The number of nitrogens with zero attached hydrogens (tertiary/aromatic N) is 1. The van der Waals surface area contributed by atoms with Gasteiger partial charge in [0.15, 0.2) is 0 Å². The topological polar surface area (TPSA) is 80.0 Å². The summed E-state index contributed by atoms with van der Waals surface area (Å²) in [6.07, 6.45) is 0.265. The molecule has 26 heavy (non-hydrogen) atoms. The summed E-state index contributed by atoms with van der Waals surface area (Å²) in [6.45, 7) is 0.265. The van der Waals surface area contributed by atoms with Crippen LogP contribution in [0.15, 0.2) is 36.5 Å². The van der Waals surface area contributed by atoms with Crippen molar-refractivity contribution in [3.8, 4) is 0 Å². The van der Waals surface area contributed by atoms with Gasteiger partial charge in [-0.15, -0.1) is 0 Å². The zero-order chi connectivity index (χ0) is 18.0. The Morgan fingerprint density at radius 2 is 2.04 bits per heavy atom. The van der Waals surface area contributed by atoms with E-state index >= 15 is 0 Å². The Balaban J connectivity index is 0.00000243. The first-order chi connectivity index (χ1) is 11.9. The van der Waals surface area contributed by atoms with Crippen LogP contribution in [0.25, 0.3) is 0 Å². The van der Waals surface area contributed by atoms with Gasteiger partial charge < -0.3 is 16.4 Å². The van der Waals surface area contributed by atoms with Crippen LogP contribution in [0.1, 0.15) is 38.0 Å². The third-order valence-corrected chi connectivity index (χ3v) is 4.26. The molecular formula is C18H21ClF2N4O. The average molecular weight is 383 g/mol. The number of alkyl halides is 2. The van der Waals surface area contributed by atoms with Gasteiger partial charge in [0.2, 0.25) is 5.91 Å². The molecule has 1 amide bonds. The summed E-state index contributed by atoms with van der Waals surface area (Å²) in [7, 11) is 0. The van der Waals surface area contributed by atoms with Crippen molar-refractivity contribution in [1.82, 2.24) is 10.3 Å². The van der Waals surface area contributed by atoms with Gasteiger partial charge in [0, 0.05) is 16.3 Å². The number of benzene rings is 1. The highest BCUT2D eigenvalue weighted by Crippen LogP contribution is 2.32. The van der Waals surface area contributed by atoms with E-state index in [4.69, 9.17) is 17.3 Å². The summed E-state index contributed by atoms with van der Waals surface area (Å²) in [5.41, 5.74) is 6.36. The first-order valence-corrected chi connectivity index (χ1v) is 8.12. The number of halogens is 3. The molecule has 8 heteroatoms. The lowest BCUT2D eigenvalue weighted by atomic mass is 10.1. The molecule has 0 saturated heterocycles. The molecule has 3 rings (SSSR count). The van der Waals surface area contributed by atoms with E-state index in [1.54, 1.807) is 12.1 Å². The Morgan fingerprint density at radius 3 is 2.62 bits per heavy atom. The Kier molecular flexibility index (Phi) is 6.15. The maximum absolute atomic E-state index is 13.1. The van der Waals surface area contributed by atoms with Crippen LogP contribution in [0.2, 0.25) is 5.02 Å². The van der Waals surface area contributed by atoms with Crippen molar-refractivity contribution in [2.24, 2.45) is 5.73 Å². The molecule has 1 fully saturated rings. The Morgan fingerprint density at radius 1 is 1.31 bits per heavy atom. The lowest BCUT2D eigenvalue weighted by molar-refractivity contribution is -0.123. The molecule has 1 aromatic heterocycles. The van der Waals surface area contributed by atoms with Crippen molar-refractivity contribution < 1.29 is 13.6 Å². The Labute approximate surface area is 155 Å². The molecule has 140 valence electrons. The van der Waals surface area contributed by atoms with Crippen molar-refractivity contribution in [3.63, 3.8) is 0 Å². The Hall–Kier alpha value is -2.25. The number of nitrogens with two attached hydrogens (primary N) is 1. The van der Waals surface area contributed by atoms with Crippen LogP contribution < -0.4 is 16.4 Å². The van der Waals surface area contributed by atoms with E-state index in [0.29, 0.717) is 24.2 Å². The van der Waals surface area contributed by atoms with Crippen LogP contribution in [-0.2, 0) is 11.3 Å². The molecule has 0 bridgehead atoms. The number of aromatic nitrogens is 1. The van der Waals surface area contributed by atoms with Gasteiger partial charge in [-0.1, -0.05) is 19.0 Å². The molecule has 0 radical (unpaired) electrons. The molecule has 0 aliphatic heterocycles. The molecule has 1 heterocycles. The van der Waals surface area contributed by atoms with Gasteiger partial charge in [-0.3, -0.25) is 9.78 Å². The second-order valence-electron chi connectivity index (χ2n) is 6.03. The number of hydrogen-bond donors (Lipinski definition) is 3. The van der Waals surface area contributed by atoms with Gasteiger partial charge >= 0.3 is 0 Å². The minimum absolute atomic E-state index is 0. The molecule has 0 spiro atoms. The normalized spacial score (nSPS) is 14.5. The highest BCUT2D eigenvalue weighted by atomic mass is 35.5. The van der Waals surface area contributed by atoms with Crippen LogP contribution in [-0.4, -0.2) is 16.4 Å². The molecule has 1 aromatic carbocycles. The van der Waals surface area contributed by atoms with Gasteiger partial charge in [-0.25, -0.2) is 8.78 Å². The molecule has 0 unspecified atom stereocenters. The fourth-order valence-corrected chi connectivity index (χ4v) is 2.48. The fraction of sp³-hybridized carbons (Fsp3) is 0.333. The minimum atomic E-state index is -2.64. The summed E-state index contributed by atoms with van der Waals surface area (Å²) in [4.78, 5) is 16.0. The zero-order valence-electron chi connectivity index (χ0n) is 13.2. The van der Waals surface area contributed by atoms with E-state index in [2.05, 4.69) is 15.6 Å². The number of nitrogens with one attached hydrogen (secondary N) is 2. The highest BCUT2D eigenvalue weighted by Gasteiger charge is 2.45. The van der Waals surface area contributed by atoms with Crippen molar-refractivity contribution in [2.45, 2.75) is 38.8 Å². The van der Waals surface area contributed by atoms with Crippen molar-refractivity contribution in [3.05, 3.63) is 52.8 Å². The Bertz CT molecular complexity index is 779. The minimum Gasteiger partial charge on any atom is -0.354 e. The van der Waals surface area contributed by atoms with Crippen LogP contribution in [0, 0.1) is 0 Å². The number of amides is 1. The highest BCUT2D eigenvalue weighted by molar-refractivity contribution is 6.30. The molecular weight excluding hydrogens is 362 g/mol. The summed E-state index contributed by atoms with van der Waals surface area (Å²) in [6, 6.07) is 7.67. The van der Waals surface area contributed by atoms with Crippen LogP contribution in [0.3, 0.4) is 0 Å².